The van der Waals surface area contributed by atoms with E-state index in [2.05, 4.69) is 29.6 Å². The Labute approximate surface area is 198 Å². The lowest BCUT2D eigenvalue weighted by molar-refractivity contribution is -0.124. The fraction of sp³-hybridized carbons (Fsp3) is 0.240. The molecule has 0 radical (unpaired) electrons. The largest absolute Gasteiger partial charge is 0.351 e. The Balaban J connectivity index is 1.44. The minimum atomic E-state index is -3.88. The molecular weight excluding hydrogens is 459 g/mol. The maximum Gasteiger partial charge on any atom is 0.243 e. The molecule has 1 fully saturated rings. The minimum absolute atomic E-state index is 0.0104. The van der Waals surface area contributed by atoms with Crippen LogP contribution in [0, 0.1) is 5.82 Å². The first-order chi connectivity index (χ1) is 15.9. The summed E-state index contributed by atoms with van der Waals surface area (Å²) in [6.45, 7) is 0.565. The average molecular weight is 485 g/mol. The summed E-state index contributed by atoms with van der Waals surface area (Å²) in [5, 5.41) is 2.89. The topological polar surface area (TPSA) is 66.5 Å². The van der Waals surface area contributed by atoms with Gasteiger partial charge in [0.25, 0.3) is 0 Å². The van der Waals surface area contributed by atoms with Gasteiger partial charge in [0.05, 0.1) is 4.90 Å². The lowest BCUT2D eigenvalue weighted by Gasteiger charge is -2.23. The number of thioether (sulfide) groups is 1. The zero-order valence-corrected chi connectivity index (χ0v) is 19.8. The van der Waals surface area contributed by atoms with E-state index in [9.17, 15) is 17.6 Å². The van der Waals surface area contributed by atoms with Crippen LogP contribution in [0.25, 0.3) is 11.1 Å². The number of amides is 1. The highest BCUT2D eigenvalue weighted by atomic mass is 32.2. The smallest absolute Gasteiger partial charge is 0.243 e. The quantitative estimate of drug-likeness (QED) is 0.495. The second kappa shape index (κ2) is 10.1. The molecule has 0 bridgehead atoms. The van der Waals surface area contributed by atoms with Gasteiger partial charge in [0, 0.05) is 18.0 Å². The van der Waals surface area contributed by atoms with Crippen molar-refractivity contribution in [1.82, 2.24) is 9.62 Å². The van der Waals surface area contributed by atoms with Crippen LogP contribution in [0.15, 0.2) is 82.6 Å². The molecule has 1 aliphatic rings. The number of hydrogen-bond acceptors (Lipinski definition) is 4. The molecule has 1 aliphatic heterocycles. The van der Waals surface area contributed by atoms with Crippen molar-refractivity contribution < 1.29 is 17.6 Å². The Bertz CT molecular complexity index is 1230. The summed E-state index contributed by atoms with van der Waals surface area (Å²) in [6, 6.07) is 20.1. The van der Waals surface area contributed by atoms with Gasteiger partial charge in [0.15, 0.2) is 0 Å². The average Bonchev–Trinajstić information content (AvgIpc) is 3.34. The van der Waals surface area contributed by atoms with E-state index in [1.807, 2.05) is 30.5 Å². The number of benzene rings is 3. The van der Waals surface area contributed by atoms with Gasteiger partial charge in [0.2, 0.25) is 15.9 Å². The van der Waals surface area contributed by atoms with E-state index in [1.165, 1.54) is 21.3 Å². The Morgan fingerprint density at radius 2 is 1.79 bits per heavy atom. The zero-order chi connectivity index (χ0) is 23.4. The number of rotatable bonds is 7. The van der Waals surface area contributed by atoms with Crippen LogP contribution in [0.2, 0.25) is 0 Å². The van der Waals surface area contributed by atoms with E-state index in [0.717, 1.165) is 28.8 Å². The van der Waals surface area contributed by atoms with E-state index in [0.29, 0.717) is 19.4 Å². The summed E-state index contributed by atoms with van der Waals surface area (Å²) < 4.78 is 40.4. The summed E-state index contributed by atoms with van der Waals surface area (Å²) in [5.41, 5.74) is 3.07. The zero-order valence-electron chi connectivity index (χ0n) is 18.2. The van der Waals surface area contributed by atoms with Crippen LogP contribution in [0.1, 0.15) is 18.4 Å². The van der Waals surface area contributed by atoms with Gasteiger partial charge < -0.3 is 5.32 Å². The van der Waals surface area contributed by atoms with Crippen LogP contribution in [0.5, 0.6) is 0 Å². The van der Waals surface area contributed by atoms with Crippen molar-refractivity contribution in [3.63, 3.8) is 0 Å². The Morgan fingerprint density at radius 1 is 1.06 bits per heavy atom. The second-order valence-corrected chi connectivity index (χ2v) is 10.6. The first kappa shape index (κ1) is 23.5. The first-order valence-corrected chi connectivity index (χ1v) is 13.3. The van der Waals surface area contributed by atoms with E-state index in [1.54, 1.807) is 11.8 Å². The number of carbonyl (C=O) groups is 1. The Morgan fingerprint density at radius 3 is 2.48 bits per heavy atom. The van der Waals surface area contributed by atoms with Crippen LogP contribution >= 0.6 is 11.8 Å². The van der Waals surface area contributed by atoms with Gasteiger partial charge in [-0.25, -0.2) is 12.8 Å². The van der Waals surface area contributed by atoms with Crippen LogP contribution in [-0.2, 0) is 21.4 Å². The standard InChI is InChI=1S/C25H25FN2O3S2/c1-32-22-11-7-19(8-12-22)20-5-2-4-18(16-20)17-27-25(29)24-6-3-15-28(24)33(30,31)23-13-9-21(26)10-14-23/h2,4-5,7-14,16,24H,3,6,15,17H2,1H3,(H,27,29). The molecule has 4 rings (SSSR count). The Kier molecular flexibility index (Phi) is 7.17. The van der Waals surface area contributed by atoms with E-state index in [-0.39, 0.29) is 17.3 Å². The van der Waals surface area contributed by atoms with Crippen LogP contribution in [-0.4, -0.2) is 37.5 Å². The number of halogens is 1. The van der Waals surface area contributed by atoms with Crippen molar-refractivity contribution in [3.05, 3.63) is 84.2 Å². The van der Waals surface area contributed by atoms with Gasteiger partial charge in [-0.05, 0) is 78.3 Å². The molecule has 1 atom stereocenters. The van der Waals surface area contributed by atoms with Crippen LogP contribution in [0.4, 0.5) is 4.39 Å². The van der Waals surface area contributed by atoms with E-state index in [4.69, 9.17) is 0 Å². The molecule has 1 heterocycles. The molecule has 33 heavy (non-hydrogen) atoms. The fourth-order valence-corrected chi connectivity index (χ4v) is 6.05. The van der Waals surface area contributed by atoms with Gasteiger partial charge in [-0.15, -0.1) is 11.8 Å². The highest BCUT2D eigenvalue weighted by Gasteiger charge is 2.39. The number of hydrogen-bond donors (Lipinski definition) is 1. The first-order valence-electron chi connectivity index (χ1n) is 10.7. The molecular formula is C25H25FN2O3S2. The van der Waals surface area contributed by atoms with Crippen molar-refractivity contribution in [2.24, 2.45) is 0 Å². The van der Waals surface area contributed by atoms with E-state index < -0.39 is 21.9 Å². The van der Waals surface area contributed by atoms with Crippen molar-refractivity contribution >= 4 is 27.7 Å². The Hall–Kier alpha value is -2.68. The lowest BCUT2D eigenvalue weighted by Crippen LogP contribution is -2.45. The number of nitrogens with zero attached hydrogens (tertiary/aromatic N) is 1. The van der Waals surface area contributed by atoms with Gasteiger partial charge in [-0.1, -0.05) is 30.3 Å². The summed E-state index contributed by atoms with van der Waals surface area (Å²) in [6.07, 6.45) is 3.09. The summed E-state index contributed by atoms with van der Waals surface area (Å²) in [4.78, 5) is 14.1. The molecule has 8 heteroatoms. The summed E-state index contributed by atoms with van der Waals surface area (Å²) in [5.74, 6) is -0.833. The highest BCUT2D eigenvalue weighted by molar-refractivity contribution is 7.98. The number of sulfonamides is 1. The molecule has 0 saturated carbocycles. The van der Waals surface area contributed by atoms with E-state index >= 15 is 0 Å². The summed E-state index contributed by atoms with van der Waals surface area (Å²) in [7, 11) is -3.88. The third-order valence-electron chi connectivity index (χ3n) is 5.74. The van der Waals surface area contributed by atoms with Gasteiger partial charge in [-0.3, -0.25) is 4.79 Å². The monoisotopic (exact) mass is 484 g/mol. The maximum atomic E-state index is 13.2. The molecule has 3 aromatic rings. The predicted molar refractivity (Wildman–Crippen MR) is 129 cm³/mol. The molecule has 1 amide bonds. The van der Waals surface area contributed by atoms with Crippen LogP contribution in [0.3, 0.4) is 0 Å². The summed E-state index contributed by atoms with van der Waals surface area (Å²) >= 11 is 1.69. The van der Waals surface area contributed by atoms with Crippen molar-refractivity contribution in [1.29, 1.82) is 0 Å². The molecule has 172 valence electrons. The van der Waals surface area contributed by atoms with Crippen molar-refractivity contribution in [3.8, 4) is 11.1 Å². The molecule has 0 spiro atoms. The molecule has 0 aromatic heterocycles. The highest BCUT2D eigenvalue weighted by Crippen LogP contribution is 2.27. The minimum Gasteiger partial charge on any atom is -0.351 e. The van der Waals surface area contributed by atoms with Crippen molar-refractivity contribution in [2.45, 2.75) is 35.2 Å². The third-order valence-corrected chi connectivity index (χ3v) is 8.41. The molecule has 3 aromatic carbocycles. The molecule has 1 unspecified atom stereocenters. The SMILES string of the molecule is CSc1ccc(-c2cccc(CNC(=O)C3CCCN3S(=O)(=O)c3ccc(F)cc3)c2)cc1. The normalized spacial score (nSPS) is 16.6. The number of nitrogens with one attached hydrogen (secondary N) is 1. The fourth-order valence-electron chi connectivity index (χ4n) is 3.98. The number of carbonyl (C=O) groups excluding carboxylic acids is 1. The molecule has 1 N–H and O–H groups in total. The predicted octanol–water partition coefficient (Wildman–Crippen LogP) is 4.68. The van der Waals surface area contributed by atoms with Gasteiger partial charge in [-0.2, -0.15) is 4.31 Å². The van der Waals surface area contributed by atoms with Crippen LogP contribution < -0.4 is 5.32 Å². The second-order valence-electron chi connectivity index (χ2n) is 7.87. The van der Waals surface area contributed by atoms with Gasteiger partial charge >= 0.3 is 0 Å². The molecule has 1 saturated heterocycles. The molecule has 5 nitrogen and oxygen atoms in total. The van der Waals surface area contributed by atoms with Gasteiger partial charge in [0.1, 0.15) is 11.9 Å². The molecule has 0 aliphatic carbocycles. The maximum absolute atomic E-state index is 13.2. The van der Waals surface area contributed by atoms with Crippen molar-refractivity contribution in [2.75, 3.05) is 12.8 Å². The lowest BCUT2D eigenvalue weighted by atomic mass is 10.0. The third kappa shape index (κ3) is 5.29.